The number of nitrogens with one attached hydrogen (secondary N) is 2. The number of hydrogen-bond donors (Lipinski definition) is 3. The van der Waals surface area contributed by atoms with Crippen LogP contribution in [0.15, 0.2) is 0 Å². The highest BCUT2D eigenvalue weighted by molar-refractivity contribution is 5.79. The first kappa shape index (κ1) is 15.9. The van der Waals surface area contributed by atoms with E-state index in [4.69, 9.17) is 5.73 Å². The molecule has 0 aliphatic carbocycles. The summed E-state index contributed by atoms with van der Waals surface area (Å²) in [6.45, 7) is 6.84. The number of amides is 2. The largest absolute Gasteiger partial charge is 0.354 e. The minimum atomic E-state index is -0.0201. The van der Waals surface area contributed by atoms with Gasteiger partial charge in [-0.25, -0.2) is 0 Å². The Labute approximate surface area is 115 Å². The minimum Gasteiger partial charge on any atom is -0.354 e. The highest BCUT2D eigenvalue weighted by atomic mass is 16.2. The summed E-state index contributed by atoms with van der Waals surface area (Å²) >= 11 is 0. The van der Waals surface area contributed by atoms with Crippen LogP contribution in [0.1, 0.15) is 26.7 Å². The predicted molar refractivity (Wildman–Crippen MR) is 74.5 cm³/mol. The molecule has 6 nitrogen and oxygen atoms in total. The molecular formula is C13H26N4O2. The van der Waals surface area contributed by atoms with E-state index in [9.17, 15) is 9.59 Å². The van der Waals surface area contributed by atoms with E-state index in [-0.39, 0.29) is 23.8 Å². The number of piperidine rings is 1. The molecule has 2 amide bonds. The fourth-order valence-corrected chi connectivity index (χ4v) is 1.96. The van der Waals surface area contributed by atoms with E-state index in [0.717, 1.165) is 25.9 Å². The number of carbonyl (C=O) groups is 2. The number of carbonyl (C=O) groups excluding carboxylic acids is 2. The molecule has 0 aromatic heterocycles. The lowest BCUT2D eigenvalue weighted by Crippen LogP contribution is -2.45. The zero-order valence-electron chi connectivity index (χ0n) is 11.9. The van der Waals surface area contributed by atoms with Gasteiger partial charge in [0, 0.05) is 38.1 Å². The van der Waals surface area contributed by atoms with Crippen molar-refractivity contribution in [1.82, 2.24) is 15.5 Å². The van der Waals surface area contributed by atoms with Crippen LogP contribution in [0.5, 0.6) is 0 Å². The van der Waals surface area contributed by atoms with Gasteiger partial charge >= 0.3 is 0 Å². The van der Waals surface area contributed by atoms with E-state index < -0.39 is 0 Å². The maximum Gasteiger partial charge on any atom is 0.234 e. The van der Waals surface area contributed by atoms with Gasteiger partial charge in [0.2, 0.25) is 11.8 Å². The monoisotopic (exact) mass is 270 g/mol. The second-order valence-corrected chi connectivity index (χ2v) is 5.41. The van der Waals surface area contributed by atoms with Crippen molar-refractivity contribution >= 4 is 11.8 Å². The molecule has 1 rings (SSSR count). The van der Waals surface area contributed by atoms with Crippen LogP contribution in [0.2, 0.25) is 0 Å². The van der Waals surface area contributed by atoms with E-state index in [1.54, 1.807) is 0 Å². The molecule has 0 aromatic rings. The van der Waals surface area contributed by atoms with Crippen molar-refractivity contribution in [1.29, 1.82) is 0 Å². The van der Waals surface area contributed by atoms with Crippen molar-refractivity contribution < 1.29 is 9.59 Å². The van der Waals surface area contributed by atoms with Crippen LogP contribution in [0, 0.1) is 5.92 Å². The van der Waals surface area contributed by atoms with Crippen LogP contribution in [-0.2, 0) is 9.59 Å². The molecule has 0 bridgehead atoms. The summed E-state index contributed by atoms with van der Waals surface area (Å²) in [6.07, 6.45) is 1.91. The molecule has 4 N–H and O–H groups in total. The van der Waals surface area contributed by atoms with Gasteiger partial charge in [-0.2, -0.15) is 0 Å². The highest BCUT2D eigenvalue weighted by Gasteiger charge is 2.17. The third-order valence-electron chi connectivity index (χ3n) is 3.27. The molecule has 1 aliphatic rings. The topological polar surface area (TPSA) is 87.5 Å². The first-order chi connectivity index (χ1) is 8.99. The molecule has 1 heterocycles. The van der Waals surface area contributed by atoms with Crippen LogP contribution in [0.25, 0.3) is 0 Å². The van der Waals surface area contributed by atoms with Crippen LogP contribution in [0.3, 0.4) is 0 Å². The van der Waals surface area contributed by atoms with Crippen molar-refractivity contribution in [2.45, 2.75) is 32.7 Å². The quantitative estimate of drug-likeness (QED) is 0.557. The summed E-state index contributed by atoms with van der Waals surface area (Å²) in [5, 5.41) is 5.57. The van der Waals surface area contributed by atoms with Crippen molar-refractivity contribution in [2.24, 2.45) is 11.7 Å². The van der Waals surface area contributed by atoms with Crippen LogP contribution < -0.4 is 16.4 Å². The Kier molecular flexibility index (Phi) is 6.80. The first-order valence-electron chi connectivity index (χ1n) is 7.01. The first-order valence-corrected chi connectivity index (χ1v) is 7.01. The minimum absolute atomic E-state index is 0.00858. The normalized spacial score (nSPS) is 17.5. The Hall–Kier alpha value is -1.14. The average Bonchev–Trinajstić information content (AvgIpc) is 2.37. The number of likely N-dealkylation sites (tertiary alicyclic amines) is 1. The fraction of sp³-hybridized carbons (Fsp3) is 0.846. The standard InChI is InChI=1S/C13H26N4O2/c1-10(2)13(19)16-6-5-15-12(18)9-17-7-3-11(14)4-8-17/h10-11H,3-9,14H2,1-2H3,(H,15,18)(H,16,19). The summed E-state index contributed by atoms with van der Waals surface area (Å²) in [5.74, 6) is 0.00166. The summed E-state index contributed by atoms with van der Waals surface area (Å²) < 4.78 is 0. The zero-order valence-corrected chi connectivity index (χ0v) is 11.9. The Morgan fingerprint density at radius 3 is 2.37 bits per heavy atom. The molecule has 1 fully saturated rings. The second-order valence-electron chi connectivity index (χ2n) is 5.41. The lowest BCUT2D eigenvalue weighted by atomic mass is 10.1. The van der Waals surface area contributed by atoms with Gasteiger partial charge < -0.3 is 16.4 Å². The number of nitrogens with zero attached hydrogens (tertiary/aromatic N) is 1. The molecule has 1 aliphatic heterocycles. The van der Waals surface area contributed by atoms with E-state index in [1.165, 1.54) is 0 Å². The molecule has 0 radical (unpaired) electrons. The van der Waals surface area contributed by atoms with Gasteiger partial charge in [0.1, 0.15) is 0 Å². The van der Waals surface area contributed by atoms with Gasteiger partial charge in [-0.05, 0) is 12.8 Å². The number of hydrogen-bond acceptors (Lipinski definition) is 4. The van der Waals surface area contributed by atoms with Gasteiger partial charge in [0.05, 0.1) is 6.54 Å². The van der Waals surface area contributed by atoms with Gasteiger partial charge in [0.15, 0.2) is 0 Å². The smallest absolute Gasteiger partial charge is 0.234 e. The summed E-state index contributed by atoms with van der Waals surface area (Å²) in [6, 6.07) is 0.283. The molecule has 1 saturated heterocycles. The molecular weight excluding hydrogens is 244 g/mol. The third-order valence-corrected chi connectivity index (χ3v) is 3.27. The average molecular weight is 270 g/mol. The van der Waals surface area contributed by atoms with Crippen molar-refractivity contribution in [3.05, 3.63) is 0 Å². The maximum atomic E-state index is 11.7. The SMILES string of the molecule is CC(C)C(=O)NCCNC(=O)CN1CCC(N)CC1. The molecule has 0 aromatic carbocycles. The van der Waals surface area contributed by atoms with E-state index in [1.807, 2.05) is 13.8 Å². The number of nitrogens with two attached hydrogens (primary N) is 1. The predicted octanol–water partition coefficient (Wildman–Crippen LogP) is -0.702. The van der Waals surface area contributed by atoms with Crippen molar-refractivity contribution in [3.8, 4) is 0 Å². The third kappa shape index (κ3) is 6.54. The van der Waals surface area contributed by atoms with Crippen LogP contribution >= 0.6 is 0 Å². The van der Waals surface area contributed by atoms with E-state index in [0.29, 0.717) is 19.6 Å². The number of rotatable bonds is 6. The molecule has 0 atom stereocenters. The zero-order chi connectivity index (χ0) is 14.3. The van der Waals surface area contributed by atoms with Crippen molar-refractivity contribution in [2.75, 3.05) is 32.7 Å². The maximum absolute atomic E-state index is 11.7. The lowest BCUT2D eigenvalue weighted by Gasteiger charge is -2.29. The molecule has 0 saturated carbocycles. The van der Waals surface area contributed by atoms with E-state index in [2.05, 4.69) is 15.5 Å². The lowest BCUT2D eigenvalue weighted by molar-refractivity contribution is -0.125. The van der Waals surface area contributed by atoms with E-state index >= 15 is 0 Å². The van der Waals surface area contributed by atoms with Gasteiger partial charge in [-0.3, -0.25) is 14.5 Å². The molecule has 0 spiro atoms. The molecule has 19 heavy (non-hydrogen) atoms. The Balaban J connectivity index is 2.06. The van der Waals surface area contributed by atoms with Gasteiger partial charge in [0.25, 0.3) is 0 Å². The van der Waals surface area contributed by atoms with Crippen LogP contribution in [-0.4, -0.2) is 55.5 Å². The van der Waals surface area contributed by atoms with Crippen molar-refractivity contribution in [3.63, 3.8) is 0 Å². The second kappa shape index (κ2) is 8.12. The fourth-order valence-electron chi connectivity index (χ4n) is 1.96. The summed E-state index contributed by atoms with van der Waals surface area (Å²) in [7, 11) is 0. The Bertz CT molecular complexity index is 299. The van der Waals surface area contributed by atoms with Crippen LogP contribution in [0.4, 0.5) is 0 Å². The molecule has 6 heteroatoms. The highest BCUT2D eigenvalue weighted by Crippen LogP contribution is 2.06. The Morgan fingerprint density at radius 1 is 1.21 bits per heavy atom. The molecule has 110 valence electrons. The Morgan fingerprint density at radius 2 is 1.79 bits per heavy atom. The van der Waals surface area contributed by atoms with Gasteiger partial charge in [-0.15, -0.1) is 0 Å². The van der Waals surface area contributed by atoms with Gasteiger partial charge in [-0.1, -0.05) is 13.8 Å². The molecule has 0 unspecified atom stereocenters. The summed E-state index contributed by atoms with van der Waals surface area (Å²) in [4.78, 5) is 25.1. The summed E-state index contributed by atoms with van der Waals surface area (Å²) in [5.41, 5.74) is 5.81.